The summed E-state index contributed by atoms with van der Waals surface area (Å²) in [5.41, 5.74) is -2.16. The van der Waals surface area contributed by atoms with Crippen LogP contribution in [0.4, 0.5) is 0 Å². The summed E-state index contributed by atoms with van der Waals surface area (Å²) in [4.78, 5) is 0. The Morgan fingerprint density at radius 2 is 0.672 bits per heavy atom. The van der Waals surface area contributed by atoms with E-state index in [2.05, 4.69) is 0 Å². The van der Waals surface area contributed by atoms with E-state index >= 15 is 0 Å². The Hall–Kier alpha value is -7.54. The number of fused-ring (bicyclic) bond motifs is 9. The summed E-state index contributed by atoms with van der Waals surface area (Å²) >= 11 is 0. The monoisotopic (exact) mass is 758 g/mol. The summed E-state index contributed by atoms with van der Waals surface area (Å²) in [6.07, 6.45) is 0. The predicted octanol–water partition coefficient (Wildman–Crippen LogP) is 16.4. The normalized spacial score (nSPS) is 18.1. The Morgan fingerprint density at radius 1 is 0.259 bits per heavy atom. The van der Waals surface area contributed by atoms with Gasteiger partial charge in [-0.05, 0) is 132 Å². The molecule has 0 saturated carbocycles. The van der Waals surface area contributed by atoms with Crippen molar-refractivity contribution in [3.05, 3.63) is 218 Å². The van der Waals surface area contributed by atoms with Crippen molar-refractivity contribution in [2.24, 2.45) is 0 Å². The lowest BCUT2D eigenvalue weighted by molar-refractivity contribution is 1.66. The van der Waals surface area contributed by atoms with Gasteiger partial charge in [0.2, 0.25) is 0 Å². The van der Waals surface area contributed by atoms with E-state index < -0.39 is 201 Å². The van der Waals surface area contributed by atoms with Gasteiger partial charge < -0.3 is 0 Å². The molecule has 0 heteroatoms. The minimum atomic E-state index is -0.823. The molecular formula is C58H36. The second kappa shape index (κ2) is 13.0. The Balaban J connectivity index is 1.32. The summed E-state index contributed by atoms with van der Waals surface area (Å²) in [6.45, 7) is 0. The predicted molar refractivity (Wildman–Crippen MR) is 251 cm³/mol. The molecule has 0 bridgehead atoms. The maximum Gasteiger partial charge on any atom is 0.0629 e. The molecule has 0 saturated heterocycles. The van der Waals surface area contributed by atoms with E-state index in [-0.39, 0.29) is 43.8 Å². The molecule has 0 aromatic heterocycles. The second-order valence-corrected chi connectivity index (χ2v) is 13.6. The number of benzene rings is 12. The first-order valence-electron chi connectivity index (χ1n) is 31.1. The first-order chi connectivity index (χ1) is 39.6. The molecule has 0 N–H and O–H groups in total. The van der Waals surface area contributed by atoms with Crippen LogP contribution in [-0.4, -0.2) is 0 Å². The summed E-state index contributed by atoms with van der Waals surface area (Å²) in [5, 5.41) is -0.400. The Labute approximate surface area is 373 Å². The molecular weight excluding hydrogens is 697 g/mol. The lowest BCUT2D eigenvalue weighted by atomic mass is 9.82. The zero-order valence-electron chi connectivity index (χ0n) is 55.8. The average Bonchev–Trinajstić information content (AvgIpc) is 0.731. The lowest BCUT2D eigenvalue weighted by Crippen LogP contribution is -1.93. The van der Waals surface area contributed by atoms with Crippen molar-refractivity contribution in [2.75, 3.05) is 0 Å². The van der Waals surface area contributed by atoms with E-state index in [9.17, 15) is 11.0 Å². The summed E-state index contributed by atoms with van der Waals surface area (Å²) in [5.74, 6) is 0. The van der Waals surface area contributed by atoms with Crippen molar-refractivity contribution in [3.8, 4) is 44.5 Å². The maximum atomic E-state index is 9.66. The molecule has 0 radical (unpaired) electrons. The molecule has 0 heterocycles. The molecule has 0 unspecified atom stereocenters. The molecule has 0 nitrogen and oxygen atoms in total. The molecule has 0 aliphatic carbocycles. The number of rotatable bonds is 4. The highest BCUT2D eigenvalue weighted by Crippen LogP contribution is 2.49. The van der Waals surface area contributed by atoms with Gasteiger partial charge in [-0.15, -0.1) is 0 Å². The minimum absolute atomic E-state index is 0.101. The van der Waals surface area contributed by atoms with Crippen molar-refractivity contribution in [1.29, 1.82) is 0 Å². The molecule has 0 aliphatic heterocycles. The lowest BCUT2D eigenvalue weighted by Gasteiger charge is -2.21. The van der Waals surface area contributed by atoms with Gasteiger partial charge in [-0.25, -0.2) is 0 Å². The smallest absolute Gasteiger partial charge is 0.0622 e. The van der Waals surface area contributed by atoms with Gasteiger partial charge in [-0.2, -0.15) is 0 Å². The fourth-order valence-corrected chi connectivity index (χ4v) is 8.34. The molecule has 58 heavy (non-hydrogen) atoms. The van der Waals surface area contributed by atoms with Gasteiger partial charge in [0.25, 0.3) is 0 Å². The Kier molecular flexibility index (Phi) is 3.62. The van der Waals surface area contributed by atoms with Gasteiger partial charge in [0.05, 0.1) is 35.6 Å². The van der Waals surface area contributed by atoms with Crippen LogP contribution >= 0.6 is 0 Å². The molecule has 0 atom stereocenters. The Morgan fingerprint density at radius 3 is 1.17 bits per heavy atom. The molecule has 0 aliphatic rings. The highest BCUT2D eigenvalue weighted by Gasteiger charge is 2.21. The van der Waals surface area contributed by atoms with Gasteiger partial charge in [-0.3, -0.25) is 0 Å². The zero-order valence-corrected chi connectivity index (χ0v) is 29.8. The van der Waals surface area contributed by atoms with E-state index in [1.54, 1.807) is 54.6 Å². The summed E-state index contributed by atoms with van der Waals surface area (Å²) in [6, 6.07) is -3.40. The minimum Gasteiger partial charge on any atom is -0.0622 e. The molecule has 12 aromatic rings. The van der Waals surface area contributed by atoms with Gasteiger partial charge in [0.1, 0.15) is 0 Å². The standard InChI is InChI=1S/C58H36/c1-3-18-38(19-4-1)54-43-23-9-11-25-45(43)56(46-26-12-10-24-44(46)54)41-32-31-40-35-53(51-34-33-37-17-7-8-22-42(37)57(51)52(40)36-41)58-49-29-15-13-27-47(49)55(39-20-5-2-6-21-39)48-28-14-16-30-50(48)58/h1-36H/i1D,2D,3D,4D,5D,6D,9D,10D,11D,12D,13D,14D,15D,16D,18D,19D,20D,21D,23D,24D,25D,26D,27D,28D,29D,30D. The van der Waals surface area contributed by atoms with E-state index in [1.807, 2.05) is 0 Å². The fraction of sp³-hybridized carbons (Fsp3) is 0. The van der Waals surface area contributed by atoms with Crippen LogP contribution in [-0.2, 0) is 0 Å². The third-order valence-electron chi connectivity index (χ3n) is 10.6. The zero-order chi connectivity index (χ0) is 60.8. The van der Waals surface area contributed by atoms with E-state index in [4.69, 9.17) is 24.7 Å². The van der Waals surface area contributed by atoms with Crippen LogP contribution in [0.3, 0.4) is 0 Å². The summed E-state index contributed by atoms with van der Waals surface area (Å²) in [7, 11) is 0. The maximum absolute atomic E-state index is 9.66. The molecule has 0 amide bonds. The van der Waals surface area contributed by atoms with Crippen LogP contribution in [0.1, 0.15) is 35.6 Å². The van der Waals surface area contributed by atoms with Crippen LogP contribution in [0.15, 0.2) is 218 Å². The third-order valence-corrected chi connectivity index (χ3v) is 10.6. The van der Waals surface area contributed by atoms with Gasteiger partial charge >= 0.3 is 0 Å². The van der Waals surface area contributed by atoms with Crippen LogP contribution in [0, 0.1) is 0 Å². The van der Waals surface area contributed by atoms with Crippen molar-refractivity contribution >= 4 is 75.4 Å². The topological polar surface area (TPSA) is 0 Å². The third kappa shape index (κ3) is 4.89. The quantitative estimate of drug-likeness (QED) is 0.124. The van der Waals surface area contributed by atoms with Crippen LogP contribution in [0.5, 0.6) is 0 Å². The van der Waals surface area contributed by atoms with Gasteiger partial charge in [0, 0.05) is 0 Å². The van der Waals surface area contributed by atoms with Crippen LogP contribution in [0.25, 0.3) is 120 Å². The molecule has 12 rings (SSSR count). The van der Waals surface area contributed by atoms with Crippen molar-refractivity contribution in [3.63, 3.8) is 0 Å². The van der Waals surface area contributed by atoms with Crippen molar-refractivity contribution in [2.45, 2.75) is 0 Å². The van der Waals surface area contributed by atoms with Crippen molar-refractivity contribution < 1.29 is 35.6 Å². The SMILES string of the molecule is [2H]c1c([2H])c([2H])c(-c2c3c([2H])c([2H])c([2H])c([2H])c3c(-c3ccc4cc(-c5c6c([2H])c([2H])c([2H])c([2H])c6c(-c6c([2H])c([2H])c([2H])c([2H])c6[2H])c6c([2H])c([2H])c([2H])c([2H])c56)c5ccc6ccccc6c5c4c3)c3c([2H])c([2H])c([2H])c([2H])c23)c([2H])c1[2H]. The van der Waals surface area contributed by atoms with E-state index in [0.717, 1.165) is 0 Å². The number of hydrogen-bond donors (Lipinski definition) is 0. The van der Waals surface area contributed by atoms with E-state index in [1.165, 1.54) is 6.07 Å². The molecule has 0 fully saturated rings. The van der Waals surface area contributed by atoms with Crippen LogP contribution < -0.4 is 0 Å². The van der Waals surface area contributed by atoms with Crippen molar-refractivity contribution in [1.82, 2.24) is 0 Å². The molecule has 12 aromatic carbocycles. The molecule has 268 valence electrons. The first-order valence-corrected chi connectivity index (χ1v) is 18.1. The van der Waals surface area contributed by atoms with Crippen LogP contribution in [0.2, 0.25) is 0 Å². The Bertz CT molecular complexity index is 4930. The highest BCUT2D eigenvalue weighted by molar-refractivity contribution is 6.30. The van der Waals surface area contributed by atoms with Gasteiger partial charge in [0.15, 0.2) is 0 Å². The second-order valence-electron chi connectivity index (χ2n) is 13.6. The fourth-order valence-electron chi connectivity index (χ4n) is 8.34. The largest absolute Gasteiger partial charge is 0.0629 e. The van der Waals surface area contributed by atoms with E-state index in [0.29, 0.717) is 32.3 Å². The highest BCUT2D eigenvalue weighted by atomic mass is 14.2. The molecule has 0 spiro atoms. The average molecular weight is 759 g/mol. The number of hydrogen-bond acceptors (Lipinski definition) is 0. The first kappa shape index (κ1) is 16.1. The summed E-state index contributed by atoms with van der Waals surface area (Å²) < 4.78 is 236. The van der Waals surface area contributed by atoms with Gasteiger partial charge in [-0.1, -0.05) is 206 Å².